The Balaban J connectivity index is 2.01. The number of alkyl halides is 3. The number of halogens is 3. The highest BCUT2D eigenvalue weighted by Gasteiger charge is 2.36. The van der Waals surface area contributed by atoms with E-state index in [4.69, 9.17) is 0 Å². The number of phenolic OH excluding ortho intramolecular Hbond substituents is 2. The molecule has 1 unspecified atom stereocenters. The van der Waals surface area contributed by atoms with Crippen LogP contribution in [0.5, 0.6) is 11.5 Å². The molecule has 5 heteroatoms. The van der Waals surface area contributed by atoms with Crippen molar-refractivity contribution in [1.29, 1.82) is 0 Å². The van der Waals surface area contributed by atoms with Crippen LogP contribution in [0.15, 0.2) is 36.4 Å². The van der Waals surface area contributed by atoms with Crippen molar-refractivity contribution < 1.29 is 23.4 Å². The first kappa shape index (κ1) is 15.7. The Labute approximate surface area is 132 Å². The van der Waals surface area contributed by atoms with E-state index in [2.05, 4.69) is 0 Å². The zero-order valence-electron chi connectivity index (χ0n) is 12.4. The molecule has 1 atom stereocenters. The highest BCUT2D eigenvalue weighted by Crippen LogP contribution is 2.41. The molecule has 0 aliphatic heterocycles. The number of phenols is 2. The molecular weight excluding hydrogens is 305 g/mol. The lowest BCUT2D eigenvalue weighted by molar-refractivity contribution is -0.138. The Morgan fingerprint density at radius 3 is 2.35 bits per heavy atom. The van der Waals surface area contributed by atoms with Crippen molar-refractivity contribution in [3.8, 4) is 11.5 Å². The predicted molar refractivity (Wildman–Crippen MR) is 80.6 cm³/mol. The van der Waals surface area contributed by atoms with E-state index >= 15 is 0 Å². The standard InChI is InChI=1S/C18H17F3O2/c19-18(20,21)17-10-15(23)6-7-16(17)13-3-1-2-11-9-14(22)5-4-12(11)8-13/h4-7,9-10,13,22-23H,1-3,8H2. The first-order chi connectivity index (χ1) is 10.8. The van der Waals surface area contributed by atoms with Gasteiger partial charge >= 0.3 is 6.18 Å². The molecule has 1 aliphatic carbocycles. The van der Waals surface area contributed by atoms with Crippen LogP contribution < -0.4 is 0 Å². The highest BCUT2D eigenvalue weighted by molar-refractivity contribution is 5.42. The second-order valence-corrected chi connectivity index (χ2v) is 6.02. The Bertz CT molecular complexity index is 723. The first-order valence-electron chi connectivity index (χ1n) is 7.55. The second-order valence-electron chi connectivity index (χ2n) is 6.02. The monoisotopic (exact) mass is 322 g/mol. The lowest BCUT2D eigenvalue weighted by Crippen LogP contribution is -2.13. The molecule has 0 bridgehead atoms. The molecule has 0 saturated heterocycles. The topological polar surface area (TPSA) is 40.5 Å². The van der Waals surface area contributed by atoms with Crippen LogP contribution in [-0.4, -0.2) is 10.2 Å². The van der Waals surface area contributed by atoms with Crippen LogP contribution in [0.4, 0.5) is 13.2 Å². The van der Waals surface area contributed by atoms with Crippen LogP contribution in [0.1, 0.15) is 41.0 Å². The van der Waals surface area contributed by atoms with Crippen LogP contribution in [-0.2, 0) is 19.0 Å². The summed E-state index contributed by atoms with van der Waals surface area (Å²) >= 11 is 0. The molecule has 2 aromatic carbocycles. The summed E-state index contributed by atoms with van der Waals surface area (Å²) in [6.45, 7) is 0. The summed E-state index contributed by atoms with van der Waals surface area (Å²) < 4.78 is 39.9. The van der Waals surface area contributed by atoms with Gasteiger partial charge in [-0.05, 0) is 72.6 Å². The number of rotatable bonds is 1. The van der Waals surface area contributed by atoms with Crippen LogP contribution >= 0.6 is 0 Å². The SMILES string of the molecule is Oc1ccc2c(c1)CCCC(c1ccc(O)cc1C(F)(F)F)C2. The summed E-state index contributed by atoms with van der Waals surface area (Å²) in [7, 11) is 0. The molecule has 0 radical (unpaired) electrons. The number of benzene rings is 2. The average molecular weight is 322 g/mol. The molecule has 0 aromatic heterocycles. The minimum Gasteiger partial charge on any atom is -0.508 e. The summed E-state index contributed by atoms with van der Waals surface area (Å²) in [4.78, 5) is 0. The maximum atomic E-state index is 13.3. The minimum absolute atomic E-state index is 0.183. The van der Waals surface area contributed by atoms with E-state index in [-0.39, 0.29) is 23.0 Å². The molecule has 2 N–H and O–H groups in total. The molecule has 2 nitrogen and oxygen atoms in total. The fraction of sp³-hybridized carbons (Fsp3) is 0.333. The van der Waals surface area contributed by atoms with E-state index in [9.17, 15) is 23.4 Å². The Morgan fingerprint density at radius 1 is 0.913 bits per heavy atom. The summed E-state index contributed by atoms with van der Waals surface area (Å²) in [5.74, 6) is -0.444. The first-order valence-corrected chi connectivity index (χ1v) is 7.55. The fourth-order valence-corrected chi connectivity index (χ4v) is 3.36. The van der Waals surface area contributed by atoms with Crippen LogP contribution in [0, 0.1) is 0 Å². The van der Waals surface area contributed by atoms with Gasteiger partial charge in [-0.25, -0.2) is 0 Å². The molecule has 0 fully saturated rings. The molecular formula is C18H17F3O2. The molecule has 1 aliphatic rings. The van der Waals surface area contributed by atoms with E-state index in [1.165, 1.54) is 12.1 Å². The number of aromatic hydroxyl groups is 2. The van der Waals surface area contributed by atoms with Gasteiger partial charge in [0, 0.05) is 0 Å². The lowest BCUT2D eigenvalue weighted by Gasteiger charge is -2.21. The summed E-state index contributed by atoms with van der Waals surface area (Å²) in [5.41, 5.74) is 1.45. The van der Waals surface area contributed by atoms with Gasteiger partial charge in [0.1, 0.15) is 11.5 Å². The van der Waals surface area contributed by atoms with Gasteiger partial charge in [0.05, 0.1) is 5.56 Å². The van der Waals surface area contributed by atoms with Gasteiger partial charge in [0.2, 0.25) is 0 Å². The van der Waals surface area contributed by atoms with Gasteiger partial charge in [0.25, 0.3) is 0 Å². The predicted octanol–water partition coefficient (Wildman–Crippen LogP) is 4.78. The van der Waals surface area contributed by atoms with Crippen molar-refractivity contribution in [2.24, 2.45) is 0 Å². The zero-order chi connectivity index (χ0) is 16.6. The number of fused-ring (bicyclic) bond motifs is 1. The fourth-order valence-electron chi connectivity index (χ4n) is 3.36. The largest absolute Gasteiger partial charge is 0.508 e. The van der Waals surface area contributed by atoms with E-state index < -0.39 is 11.7 Å². The third-order valence-corrected chi connectivity index (χ3v) is 4.44. The van der Waals surface area contributed by atoms with E-state index in [1.807, 2.05) is 0 Å². The molecule has 0 saturated carbocycles. The van der Waals surface area contributed by atoms with Gasteiger partial charge in [-0.3, -0.25) is 0 Å². The van der Waals surface area contributed by atoms with Crippen molar-refractivity contribution >= 4 is 0 Å². The van der Waals surface area contributed by atoms with Crippen LogP contribution in [0.25, 0.3) is 0 Å². The van der Waals surface area contributed by atoms with Crippen molar-refractivity contribution in [2.75, 3.05) is 0 Å². The number of aryl methyl sites for hydroxylation is 1. The highest BCUT2D eigenvalue weighted by atomic mass is 19.4. The van der Waals surface area contributed by atoms with E-state index in [1.54, 1.807) is 18.2 Å². The van der Waals surface area contributed by atoms with Gasteiger partial charge in [-0.1, -0.05) is 12.1 Å². The summed E-state index contributed by atoms with van der Waals surface area (Å²) in [6, 6.07) is 8.55. The summed E-state index contributed by atoms with van der Waals surface area (Å²) in [6.07, 6.45) is -1.83. The Kier molecular flexibility index (Phi) is 3.96. The number of hydrogen-bond donors (Lipinski definition) is 2. The molecule has 2 aromatic rings. The lowest BCUT2D eigenvalue weighted by atomic mass is 9.86. The summed E-state index contributed by atoms with van der Waals surface area (Å²) in [5, 5.41) is 19.0. The molecule has 122 valence electrons. The quantitative estimate of drug-likeness (QED) is 0.742. The van der Waals surface area contributed by atoms with Crippen molar-refractivity contribution in [2.45, 2.75) is 37.8 Å². The van der Waals surface area contributed by atoms with Gasteiger partial charge in [-0.2, -0.15) is 13.2 Å². The maximum absolute atomic E-state index is 13.3. The molecule has 23 heavy (non-hydrogen) atoms. The normalized spacial score (nSPS) is 18.3. The van der Waals surface area contributed by atoms with Gasteiger partial charge in [0.15, 0.2) is 0 Å². The zero-order valence-corrected chi connectivity index (χ0v) is 12.4. The molecule has 0 spiro atoms. The van der Waals surface area contributed by atoms with Crippen molar-refractivity contribution in [3.63, 3.8) is 0 Å². The van der Waals surface area contributed by atoms with E-state index in [0.717, 1.165) is 30.0 Å². The van der Waals surface area contributed by atoms with Crippen molar-refractivity contribution in [3.05, 3.63) is 58.7 Å². The maximum Gasteiger partial charge on any atom is 0.416 e. The van der Waals surface area contributed by atoms with Gasteiger partial charge in [-0.15, -0.1) is 0 Å². The third kappa shape index (κ3) is 3.28. The second kappa shape index (κ2) is 5.80. The minimum atomic E-state index is -4.49. The molecule has 0 amide bonds. The van der Waals surface area contributed by atoms with Crippen LogP contribution in [0.3, 0.4) is 0 Å². The average Bonchev–Trinajstić information content (AvgIpc) is 2.68. The van der Waals surface area contributed by atoms with Gasteiger partial charge < -0.3 is 10.2 Å². The van der Waals surface area contributed by atoms with Crippen LogP contribution in [0.2, 0.25) is 0 Å². The van der Waals surface area contributed by atoms with E-state index in [0.29, 0.717) is 12.8 Å². The Hall–Kier alpha value is -2.17. The Morgan fingerprint density at radius 2 is 1.61 bits per heavy atom. The number of hydrogen-bond acceptors (Lipinski definition) is 2. The molecule has 3 rings (SSSR count). The third-order valence-electron chi connectivity index (χ3n) is 4.44. The van der Waals surface area contributed by atoms with Crippen molar-refractivity contribution in [1.82, 2.24) is 0 Å². The smallest absolute Gasteiger partial charge is 0.416 e. The molecule has 0 heterocycles.